The molecule has 1 heterocycles. The van der Waals surface area contributed by atoms with Gasteiger partial charge < -0.3 is 15.4 Å². The van der Waals surface area contributed by atoms with E-state index in [1.165, 1.54) is 6.20 Å². The molecule has 18 heavy (non-hydrogen) atoms. The molecular weight excluding hydrogens is 232 g/mol. The molecule has 6 heteroatoms. The first-order valence-corrected chi connectivity index (χ1v) is 6.13. The van der Waals surface area contributed by atoms with Crippen molar-refractivity contribution in [2.45, 2.75) is 19.8 Å². The maximum Gasteiger partial charge on any atom is 0.271 e. The van der Waals surface area contributed by atoms with Crippen molar-refractivity contribution in [1.29, 1.82) is 0 Å². The number of ether oxygens (including phenoxy) is 1. The van der Waals surface area contributed by atoms with Gasteiger partial charge in [-0.05, 0) is 12.8 Å². The van der Waals surface area contributed by atoms with Crippen LogP contribution in [0.1, 0.15) is 30.3 Å². The summed E-state index contributed by atoms with van der Waals surface area (Å²) in [4.78, 5) is 19.8. The van der Waals surface area contributed by atoms with Crippen molar-refractivity contribution < 1.29 is 9.53 Å². The number of hydrogen-bond donors (Lipinski definition) is 2. The van der Waals surface area contributed by atoms with E-state index < -0.39 is 0 Å². The van der Waals surface area contributed by atoms with Crippen molar-refractivity contribution in [3.05, 3.63) is 18.1 Å². The van der Waals surface area contributed by atoms with Gasteiger partial charge in [-0.15, -0.1) is 0 Å². The fraction of sp³-hybridized carbons (Fsp3) is 0.583. The van der Waals surface area contributed by atoms with Crippen LogP contribution in [0.2, 0.25) is 0 Å². The van der Waals surface area contributed by atoms with Crippen molar-refractivity contribution in [2.75, 3.05) is 32.1 Å². The number of carbonyl (C=O) groups excluding carboxylic acids is 1. The standard InChI is InChI=1S/C12H20N4O2/c1-3-6-18-7-4-5-15-12(17)10-8-14-9-11(13-2)16-10/h8-9H,3-7H2,1-2H3,(H,13,16)(H,15,17). The lowest BCUT2D eigenvalue weighted by molar-refractivity contribution is 0.0936. The fourth-order valence-electron chi connectivity index (χ4n) is 1.31. The van der Waals surface area contributed by atoms with Gasteiger partial charge in [0.25, 0.3) is 5.91 Å². The summed E-state index contributed by atoms with van der Waals surface area (Å²) in [6.45, 7) is 4.07. The molecule has 0 aromatic carbocycles. The summed E-state index contributed by atoms with van der Waals surface area (Å²) >= 11 is 0. The Morgan fingerprint density at radius 1 is 1.39 bits per heavy atom. The lowest BCUT2D eigenvalue weighted by Crippen LogP contribution is -2.26. The third-order valence-electron chi connectivity index (χ3n) is 2.22. The maximum absolute atomic E-state index is 11.7. The van der Waals surface area contributed by atoms with Crippen LogP contribution in [0.15, 0.2) is 12.4 Å². The number of nitrogens with one attached hydrogen (secondary N) is 2. The van der Waals surface area contributed by atoms with Crippen LogP contribution in [-0.2, 0) is 4.74 Å². The number of aromatic nitrogens is 2. The number of amides is 1. The molecule has 0 aliphatic carbocycles. The zero-order valence-corrected chi connectivity index (χ0v) is 10.9. The smallest absolute Gasteiger partial charge is 0.271 e. The molecule has 6 nitrogen and oxygen atoms in total. The predicted octanol–water partition coefficient (Wildman–Crippen LogP) is 1.06. The summed E-state index contributed by atoms with van der Waals surface area (Å²) in [6.07, 6.45) is 4.82. The molecule has 1 amide bonds. The van der Waals surface area contributed by atoms with Gasteiger partial charge in [-0.3, -0.25) is 9.78 Å². The Labute approximate surface area is 107 Å². The van der Waals surface area contributed by atoms with Gasteiger partial charge in [0, 0.05) is 26.8 Å². The van der Waals surface area contributed by atoms with E-state index in [9.17, 15) is 4.79 Å². The lowest BCUT2D eigenvalue weighted by atomic mass is 10.4. The zero-order valence-electron chi connectivity index (χ0n) is 10.9. The second kappa shape index (κ2) is 8.41. The molecule has 0 spiro atoms. The summed E-state index contributed by atoms with van der Waals surface area (Å²) in [5.41, 5.74) is 0.316. The SMILES string of the molecule is CCCOCCCNC(=O)c1cncc(NC)n1. The van der Waals surface area contributed by atoms with Gasteiger partial charge in [0.1, 0.15) is 11.5 Å². The van der Waals surface area contributed by atoms with Crippen molar-refractivity contribution in [3.63, 3.8) is 0 Å². The summed E-state index contributed by atoms with van der Waals surface area (Å²) in [5.74, 6) is 0.365. The minimum Gasteiger partial charge on any atom is -0.381 e. The molecule has 0 fully saturated rings. The molecule has 0 saturated carbocycles. The Morgan fingerprint density at radius 3 is 2.94 bits per heavy atom. The van der Waals surface area contributed by atoms with E-state index in [4.69, 9.17) is 4.74 Å². The Hall–Kier alpha value is -1.69. The number of anilines is 1. The molecule has 1 aromatic heterocycles. The Bertz CT molecular complexity index is 371. The summed E-state index contributed by atoms with van der Waals surface area (Å²) < 4.78 is 5.32. The highest BCUT2D eigenvalue weighted by molar-refractivity contribution is 5.92. The van der Waals surface area contributed by atoms with Gasteiger partial charge in [-0.2, -0.15) is 0 Å². The second-order valence-electron chi connectivity index (χ2n) is 3.76. The number of rotatable bonds is 8. The molecule has 0 bridgehead atoms. The third kappa shape index (κ3) is 5.09. The lowest BCUT2D eigenvalue weighted by Gasteiger charge is -2.06. The van der Waals surface area contributed by atoms with Crippen LogP contribution in [0.3, 0.4) is 0 Å². The second-order valence-corrected chi connectivity index (χ2v) is 3.76. The van der Waals surface area contributed by atoms with E-state index >= 15 is 0 Å². The molecule has 1 aromatic rings. The Balaban J connectivity index is 2.27. The highest BCUT2D eigenvalue weighted by Gasteiger charge is 2.07. The van der Waals surface area contributed by atoms with E-state index in [1.807, 2.05) is 0 Å². The predicted molar refractivity (Wildman–Crippen MR) is 69.6 cm³/mol. The first-order chi connectivity index (χ1) is 8.77. The number of nitrogens with zero attached hydrogens (tertiary/aromatic N) is 2. The van der Waals surface area contributed by atoms with Crippen LogP contribution < -0.4 is 10.6 Å². The first-order valence-electron chi connectivity index (χ1n) is 6.13. The normalized spacial score (nSPS) is 10.1. The van der Waals surface area contributed by atoms with Crippen LogP contribution in [0.4, 0.5) is 5.82 Å². The van der Waals surface area contributed by atoms with Crippen LogP contribution in [0.25, 0.3) is 0 Å². The van der Waals surface area contributed by atoms with Crippen LogP contribution in [0.5, 0.6) is 0 Å². The van der Waals surface area contributed by atoms with E-state index in [2.05, 4.69) is 27.5 Å². The fourth-order valence-corrected chi connectivity index (χ4v) is 1.31. The van der Waals surface area contributed by atoms with Crippen LogP contribution in [0, 0.1) is 0 Å². The quantitative estimate of drug-likeness (QED) is 0.677. The molecular formula is C12H20N4O2. The van der Waals surface area contributed by atoms with E-state index in [-0.39, 0.29) is 5.91 Å². The minimum atomic E-state index is -0.213. The van der Waals surface area contributed by atoms with Gasteiger partial charge in [-0.25, -0.2) is 4.98 Å². The molecule has 0 aliphatic rings. The summed E-state index contributed by atoms with van der Waals surface area (Å²) in [7, 11) is 1.73. The molecule has 0 aliphatic heterocycles. The molecule has 0 unspecified atom stereocenters. The number of hydrogen-bond acceptors (Lipinski definition) is 5. The Kier molecular flexibility index (Phi) is 6.71. The average Bonchev–Trinajstić information content (AvgIpc) is 2.42. The topological polar surface area (TPSA) is 76.1 Å². The highest BCUT2D eigenvalue weighted by Crippen LogP contribution is 2.00. The van der Waals surface area contributed by atoms with Crippen molar-refractivity contribution >= 4 is 11.7 Å². The van der Waals surface area contributed by atoms with Gasteiger partial charge in [0.2, 0.25) is 0 Å². The monoisotopic (exact) mass is 252 g/mol. The highest BCUT2D eigenvalue weighted by atomic mass is 16.5. The van der Waals surface area contributed by atoms with Crippen LogP contribution in [-0.4, -0.2) is 42.7 Å². The molecule has 100 valence electrons. The summed E-state index contributed by atoms with van der Waals surface area (Å²) in [6, 6.07) is 0. The van der Waals surface area contributed by atoms with Gasteiger partial charge in [0.05, 0.1) is 12.4 Å². The van der Waals surface area contributed by atoms with Gasteiger partial charge in [0.15, 0.2) is 0 Å². The zero-order chi connectivity index (χ0) is 13.2. The molecule has 0 radical (unpaired) electrons. The number of carbonyl (C=O) groups is 1. The van der Waals surface area contributed by atoms with Crippen molar-refractivity contribution in [2.24, 2.45) is 0 Å². The molecule has 1 rings (SSSR count). The Morgan fingerprint density at radius 2 is 2.22 bits per heavy atom. The first kappa shape index (κ1) is 14.4. The third-order valence-corrected chi connectivity index (χ3v) is 2.22. The maximum atomic E-state index is 11.7. The summed E-state index contributed by atoms with van der Waals surface area (Å²) in [5, 5.41) is 5.62. The van der Waals surface area contributed by atoms with E-state index in [0.29, 0.717) is 24.7 Å². The van der Waals surface area contributed by atoms with E-state index in [0.717, 1.165) is 19.4 Å². The minimum absolute atomic E-state index is 0.213. The molecule has 0 saturated heterocycles. The van der Waals surface area contributed by atoms with Gasteiger partial charge >= 0.3 is 0 Å². The largest absolute Gasteiger partial charge is 0.381 e. The molecule has 2 N–H and O–H groups in total. The van der Waals surface area contributed by atoms with E-state index in [1.54, 1.807) is 13.2 Å². The van der Waals surface area contributed by atoms with Crippen molar-refractivity contribution in [3.8, 4) is 0 Å². The van der Waals surface area contributed by atoms with Gasteiger partial charge in [-0.1, -0.05) is 6.92 Å². The average molecular weight is 252 g/mol. The van der Waals surface area contributed by atoms with Crippen molar-refractivity contribution in [1.82, 2.24) is 15.3 Å². The molecule has 0 atom stereocenters. The van der Waals surface area contributed by atoms with Crippen LogP contribution >= 0.6 is 0 Å².